The minimum Gasteiger partial charge on any atom is -0.483 e. The van der Waals surface area contributed by atoms with E-state index in [1.165, 1.54) is 17.3 Å². The van der Waals surface area contributed by atoms with Crippen molar-refractivity contribution in [2.75, 3.05) is 13.2 Å². The summed E-state index contributed by atoms with van der Waals surface area (Å²) >= 11 is 6.66. The topological polar surface area (TPSA) is 135 Å². The molecule has 1 aliphatic heterocycles. The molecule has 9 nitrogen and oxygen atoms in total. The molecule has 0 atom stereocenters. The maximum Gasteiger partial charge on any atom is 0.303 e. The first-order chi connectivity index (χ1) is 18.3. The molecule has 11 heteroatoms. The third kappa shape index (κ3) is 6.40. The van der Waals surface area contributed by atoms with E-state index in [0.717, 1.165) is 36.0 Å². The molecule has 2 aliphatic rings. The molecule has 0 spiro atoms. The molecular formula is C27H30N4O5S2. The number of ether oxygens (including phenoxy) is 1. The lowest BCUT2D eigenvalue weighted by molar-refractivity contribution is -0.137. The molecule has 0 unspecified atom stereocenters. The molecule has 1 aliphatic carbocycles. The maximum absolute atomic E-state index is 13.0. The Labute approximate surface area is 230 Å². The summed E-state index contributed by atoms with van der Waals surface area (Å²) in [6.45, 7) is 2.33. The van der Waals surface area contributed by atoms with Gasteiger partial charge in [0.2, 0.25) is 0 Å². The molecule has 4 N–H and O–H groups in total. The van der Waals surface area contributed by atoms with Crippen LogP contribution in [-0.4, -0.2) is 50.2 Å². The zero-order valence-corrected chi connectivity index (χ0v) is 22.8. The number of carboxylic acids is 1. The molecule has 1 aromatic carbocycles. The summed E-state index contributed by atoms with van der Waals surface area (Å²) in [6.07, 6.45) is 6.67. The van der Waals surface area contributed by atoms with Gasteiger partial charge in [0, 0.05) is 18.5 Å². The highest BCUT2D eigenvalue weighted by Gasteiger charge is 2.31. The van der Waals surface area contributed by atoms with Gasteiger partial charge in [-0.25, -0.2) is 10.8 Å². The number of aromatic nitrogens is 1. The zero-order valence-electron chi connectivity index (χ0n) is 21.1. The normalized spacial score (nSPS) is 15.7. The van der Waals surface area contributed by atoms with Gasteiger partial charge in [0.15, 0.2) is 6.61 Å². The number of pyridine rings is 1. The van der Waals surface area contributed by atoms with Crippen molar-refractivity contribution >= 4 is 52.2 Å². The molecular weight excluding hydrogens is 524 g/mol. The number of thiocarbonyl (C=S) groups is 1. The Morgan fingerprint density at radius 2 is 2.05 bits per heavy atom. The number of amides is 2. The molecule has 2 aromatic rings. The van der Waals surface area contributed by atoms with Crippen LogP contribution in [0, 0.1) is 6.92 Å². The van der Waals surface area contributed by atoms with Crippen molar-refractivity contribution in [1.29, 1.82) is 0 Å². The molecule has 1 aromatic heterocycles. The van der Waals surface area contributed by atoms with Gasteiger partial charge in [-0.1, -0.05) is 36.5 Å². The number of thioether (sulfide) groups is 1. The highest BCUT2D eigenvalue weighted by atomic mass is 32.2. The predicted molar refractivity (Wildman–Crippen MR) is 150 cm³/mol. The van der Waals surface area contributed by atoms with E-state index in [1.807, 2.05) is 24.3 Å². The highest BCUT2D eigenvalue weighted by molar-refractivity contribution is 8.26. The summed E-state index contributed by atoms with van der Waals surface area (Å²) in [5, 5.41) is 8.77. The molecule has 0 saturated carbocycles. The number of aryl methyl sites for hydroxylation is 1. The summed E-state index contributed by atoms with van der Waals surface area (Å²) in [6, 6.07) is 7.61. The van der Waals surface area contributed by atoms with Gasteiger partial charge in [-0.2, -0.15) is 0 Å². The molecule has 0 bridgehead atoms. The first-order valence-corrected chi connectivity index (χ1v) is 13.7. The van der Waals surface area contributed by atoms with E-state index in [4.69, 9.17) is 32.9 Å². The molecule has 1 fully saturated rings. The minimum absolute atomic E-state index is 0.122. The van der Waals surface area contributed by atoms with E-state index in [-0.39, 0.29) is 18.9 Å². The second-order valence-corrected chi connectivity index (χ2v) is 10.9. The standard InChI is InChI=1S/C27H30N4O5S2/c1-16-13-20(25(36-15-23(32)30-28)19-9-6-8-18(16)19)21-10-5-7-17(29-21)14-22-26(35)31(27(37)38-22)12-4-2-3-11-24(33)34/h5,7,10,13-14H,2-4,6,8-9,11-12,15,28H2,1H3,(H,30,32)(H,33,34). The number of hydrogen-bond donors (Lipinski definition) is 3. The number of nitrogens with one attached hydrogen (secondary N) is 1. The molecule has 0 radical (unpaired) electrons. The van der Waals surface area contributed by atoms with Gasteiger partial charge < -0.3 is 9.84 Å². The van der Waals surface area contributed by atoms with Crippen molar-refractivity contribution in [3.63, 3.8) is 0 Å². The average Bonchev–Trinajstić information content (AvgIpc) is 3.49. The number of aliphatic carboxylic acids is 1. The monoisotopic (exact) mass is 554 g/mol. The minimum atomic E-state index is -0.817. The van der Waals surface area contributed by atoms with Crippen LogP contribution in [-0.2, 0) is 27.2 Å². The Morgan fingerprint density at radius 3 is 2.82 bits per heavy atom. The first kappa shape index (κ1) is 27.7. The summed E-state index contributed by atoms with van der Waals surface area (Å²) < 4.78 is 6.45. The van der Waals surface area contributed by atoms with E-state index < -0.39 is 11.9 Å². The van der Waals surface area contributed by atoms with Crippen LogP contribution < -0.4 is 16.0 Å². The lowest BCUT2D eigenvalue weighted by Crippen LogP contribution is -2.34. The number of hydrazine groups is 1. The predicted octanol–water partition coefficient (Wildman–Crippen LogP) is 3.76. The van der Waals surface area contributed by atoms with Gasteiger partial charge >= 0.3 is 5.97 Å². The van der Waals surface area contributed by atoms with Crippen LogP contribution in [0.1, 0.15) is 54.5 Å². The Kier molecular flexibility index (Phi) is 9.13. The number of nitrogens with zero attached hydrogens (tertiary/aromatic N) is 2. The van der Waals surface area contributed by atoms with Gasteiger partial charge in [-0.05, 0) is 80.0 Å². The lowest BCUT2D eigenvalue weighted by atomic mass is 9.97. The maximum atomic E-state index is 13.0. The Morgan fingerprint density at radius 1 is 1.26 bits per heavy atom. The Bertz CT molecular complexity index is 1310. The van der Waals surface area contributed by atoms with Gasteiger partial charge in [0.1, 0.15) is 10.1 Å². The largest absolute Gasteiger partial charge is 0.483 e. The fourth-order valence-corrected chi connectivity index (χ4v) is 6.02. The molecule has 1 saturated heterocycles. The van der Waals surface area contributed by atoms with Gasteiger partial charge in [0.05, 0.1) is 16.3 Å². The number of carboxylic acid groups (broad SMARTS) is 1. The van der Waals surface area contributed by atoms with Gasteiger partial charge in [0.25, 0.3) is 11.8 Å². The van der Waals surface area contributed by atoms with Crippen LogP contribution in [0.2, 0.25) is 0 Å². The molecule has 200 valence electrons. The number of carbonyl (C=O) groups is 3. The fourth-order valence-electron chi connectivity index (χ4n) is 4.73. The zero-order chi connectivity index (χ0) is 27.2. The lowest BCUT2D eigenvalue weighted by Gasteiger charge is -2.17. The fraction of sp³-hybridized carbons (Fsp3) is 0.370. The molecule has 38 heavy (non-hydrogen) atoms. The van der Waals surface area contributed by atoms with E-state index >= 15 is 0 Å². The summed E-state index contributed by atoms with van der Waals surface area (Å²) in [5.41, 5.74) is 7.67. The summed E-state index contributed by atoms with van der Waals surface area (Å²) in [5.74, 6) is 4.47. The van der Waals surface area contributed by atoms with Crippen LogP contribution in [0.3, 0.4) is 0 Å². The van der Waals surface area contributed by atoms with Crippen LogP contribution in [0.4, 0.5) is 0 Å². The van der Waals surface area contributed by atoms with Crippen molar-refractivity contribution in [1.82, 2.24) is 15.3 Å². The smallest absolute Gasteiger partial charge is 0.303 e. The van der Waals surface area contributed by atoms with Crippen LogP contribution in [0.25, 0.3) is 17.3 Å². The van der Waals surface area contributed by atoms with E-state index in [9.17, 15) is 14.4 Å². The van der Waals surface area contributed by atoms with Crippen LogP contribution in [0.15, 0.2) is 29.2 Å². The van der Waals surface area contributed by atoms with E-state index in [0.29, 0.717) is 52.2 Å². The van der Waals surface area contributed by atoms with Crippen molar-refractivity contribution < 1.29 is 24.2 Å². The van der Waals surface area contributed by atoms with E-state index in [2.05, 4.69) is 12.3 Å². The second-order valence-electron chi connectivity index (χ2n) is 9.22. The van der Waals surface area contributed by atoms with Crippen molar-refractivity contribution in [3.8, 4) is 17.0 Å². The number of hydrogen-bond acceptors (Lipinski definition) is 8. The third-order valence-corrected chi connectivity index (χ3v) is 7.93. The number of fused-ring (bicyclic) bond motifs is 1. The third-order valence-electron chi connectivity index (χ3n) is 6.55. The average molecular weight is 555 g/mol. The van der Waals surface area contributed by atoms with Gasteiger partial charge in [-0.3, -0.25) is 24.7 Å². The van der Waals surface area contributed by atoms with Gasteiger partial charge in [-0.15, -0.1) is 0 Å². The highest BCUT2D eigenvalue weighted by Crippen LogP contribution is 2.41. The number of rotatable bonds is 11. The summed E-state index contributed by atoms with van der Waals surface area (Å²) in [4.78, 5) is 42.4. The quantitative estimate of drug-likeness (QED) is 0.0947. The van der Waals surface area contributed by atoms with E-state index in [1.54, 1.807) is 11.0 Å². The Hall–Kier alpha value is -3.28. The number of carbonyl (C=O) groups excluding carboxylic acids is 2. The second kappa shape index (κ2) is 12.5. The van der Waals surface area contributed by atoms with Crippen molar-refractivity contribution in [2.45, 2.75) is 51.9 Å². The summed E-state index contributed by atoms with van der Waals surface area (Å²) in [7, 11) is 0. The van der Waals surface area contributed by atoms with Crippen LogP contribution in [0.5, 0.6) is 5.75 Å². The number of unbranched alkanes of at least 4 members (excludes halogenated alkanes) is 2. The van der Waals surface area contributed by atoms with Crippen molar-refractivity contribution in [3.05, 3.63) is 51.6 Å². The number of nitrogens with two attached hydrogens (primary N) is 1. The van der Waals surface area contributed by atoms with Crippen molar-refractivity contribution in [2.24, 2.45) is 5.84 Å². The molecule has 2 heterocycles. The SMILES string of the molecule is Cc1cc(-c2cccc(C=C3SC(=S)N(CCCCCC(=O)O)C3=O)n2)c(OCC(=O)NN)c2c1CCC2. The Balaban J connectivity index is 1.56. The number of benzene rings is 1. The van der Waals surface area contributed by atoms with Crippen LogP contribution >= 0.6 is 24.0 Å². The first-order valence-electron chi connectivity index (χ1n) is 12.5. The molecule has 2 amide bonds. The molecule has 4 rings (SSSR count).